The number of anilines is 1. The highest BCUT2D eigenvalue weighted by atomic mass is 35.5. The molecule has 0 heterocycles. The van der Waals surface area contributed by atoms with Gasteiger partial charge < -0.3 is 15.0 Å². The van der Waals surface area contributed by atoms with E-state index in [9.17, 15) is 18.0 Å². The van der Waals surface area contributed by atoms with Gasteiger partial charge in [0.25, 0.3) is 0 Å². The Morgan fingerprint density at radius 3 is 2.17 bits per heavy atom. The van der Waals surface area contributed by atoms with E-state index in [1.54, 1.807) is 17.0 Å². The summed E-state index contributed by atoms with van der Waals surface area (Å²) in [7, 11) is -2.18. The van der Waals surface area contributed by atoms with Crippen molar-refractivity contribution in [2.45, 2.75) is 51.6 Å². The Bertz CT molecular complexity index is 1400. The van der Waals surface area contributed by atoms with Crippen molar-refractivity contribution < 1.29 is 22.7 Å². The van der Waals surface area contributed by atoms with Gasteiger partial charge in [-0.2, -0.15) is 0 Å². The molecular weight excluding hydrogens is 574 g/mol. The monoisotopic (exact) mass is 613 g/mol. The van der Waals surface area contributed by atoms with E-state index in [0.29, 0.717) is 24.4 Å². The van der Waals surface area contributed by atoms with E-state index in [0.717, 1.165) is 30.2 Å². The Morgan fingerprint density at radius 1 is 0.952 bits per heavy atom. The zero-order valence-corrected chi connectivity index (χ0v) is 26.0. The first-order valence-electron chi connectivity index (χ1n) is 14.1. The van der Waals surface area contributed by atoms with Crippen LogP contribution in [-0.2, 0) is 32.6 Å². The number of nitrogens with one attached hydrogen (secondary N) is 1. The van der Waals surface area contributed by atoms with Gasteiger partial charge in [0.2, 0.25) is 21.8 Å². The van der Waals surface area contributed by atoms with Crippen LogP contribution in [0.25, 0.3) is 0 Å². The van der Waals surface area contributed by atoms with Gasteiger partial charge in [-0.3, -0.25) is 13.9 Å². The molecule has 42 heavy (non-hydrogen) atoms. The number of carbonyl (C=O) groups is 2. The number of amides is 2. The average Bonchev–Trinajstić information content (AvgIpc) is 2.97. The molecule has 0 aliphatic carbocycles. The van der Waals surface area contributed by atoms with Gasteiger partial charge in [0.15, 0.2) is 0 Å². The van der Waals surface area contributed by atoms with Gasteiger partial charge in [-0.05, 0) is 42.2 Å². The largest absolute Gasteiger partial charge is 0.495 e. The summed E-state index contributed by atoms with van der Waals surface area (Å²) in [4.78, 5) is 29.0. The number of unbranched alkanes of at least 4 members (excludes halogenated alkanes) is 1. The second-order valence-electron chi connectivity index (χ2n) is 10.1. The van der Waals surface area contributed by atoms with Crippen molar-refractivity contribution in [1.82, 2.24) is 10.2 Å². The number of carbonyl (C=O) groups excluding carboxylic acids is 2. The van der Waals surface area contributed by atoms with Crippen molar-refractivity contribution in [2.24, 2.45) is 0 Å². The van der Waals surface area contributed by atoms with Crippen LogP contribution in [0.15, 0.2) is 78.9 Å². The maximum absolute atomic E-state index is 13.9. The van der Waals surface area contributed by atoms with Crippen molar-refractivity contribution in [3.63, 3.8) is 0 Å². The molecule has 1 atom stereocenters. The van der Waals surface area contributed by atoms with Crippen LogP contribution in [0.1, 0.15) is 43.7 Å². The lowest BCUT2D eigenvalue weighted by Crippen LogP contribution is -2.50. The van der Waals surface area contributed by atoms with E-state index >= 15 is 0 Å². The Morgan fingerprint density at radius 2 is 1.60 bits per heavy atom. The normalized spacial score (nSPS) is 11.9. The molecule has 3 rings (SSSR count). The summed E-state index contributed by atoms with van der Waals surface area (Å²) < 4.78 is 31.8. The highest BCUT2D eigenvalue weighted by Crippen LogP contribution is 2.30. The lowest BCUT2D eigenvalue weighted by atomic mass is 10.0. The number of nitrogens with zero attached hydrogens (tertiary/aromatic N) is 2. The maximum Gasteiger partial charge on any atom is 0.243 e. The summed E-state index contributed by atoms with van der Waals surface area (Å²) >= 11 is 6.26. The number of hydrogen-bond acceptors (Lipinski definition) is 5. The van der Waals surface area contributed by atoms with E-state index in [4.69, 9.17) is 16.3 Å². The van der Waals surface area contributed by atoms with E-state index in [1.807, 2.05) is 60.7 Å². The standard InChI is InChI=1S/C32H40ClN3O5S/c1-4-5-20-34-32(38)29(22-25-13-8-6-9-14-25)35(24-26-15-10-7-11-16-26)31(37)17-12-21-36(42(3,39)40)27-18-19-30(41-2)28(33)23-27/h6-11,13-16,18-19,23,29H,4-5,12,17,20-22,24H2,1-3H3,(H,34,38)/t29-/m0/s1. The molecule has 0 unspecified atom stereocenters. The fraction of sp³-hybridized carbons (Fsp3) is 0.375. The van der Waals surface area contributed by atoms with Crippen LogP contribution in [0, 0.1) is 0 Å². The molecule has 0 saturated heterocycles. The number of halogens is 1. The first-order chi connectivity index (χ1) is 20.1. The van der Waals surface area contributed by atoms with Crippen LogP contribution in [0.5, 0.6) is 5.75 Å². The van der Waals surface area contributed by atoms with Gasteiger partial charge >= 0.3 is 0 Å². The molecule has 3 aromatic carbocycles. The lowest BCUT2D eigenvalue weighted by Gasteiger charge is -2.32. The molecule has 0 spiro atoms. The molecule has 0 bridgehead atoms. The summed E-state index contributed by atoms with van der Waals surface area (Å²) in [5.74, 6) is -0.00358. The average molecular weight is 614 g/mol. The predicted molar refractivity (Wildman–Crippen MR) is 168 cm³/mol. The molecule has 0 radical (unpaired) electrons. The Kier molecular flexibility index (Phi) is 12.7. The third-order valence-electron chi connectivity index (χ3n) is 6.87. The quantitative estimate of drug-likeness (QED) is 0.217. The number of methoxy groups -OCH3 is 1. The van der Waals surface area contributed by atoms with Crippen LogP contribution in [0.2, 0.25) is 5.02 Å². The van der Waals surface area contributed by atoms with Gasteiger partial charge in [0.1, 0.15) is 11.8 Å². The molecule has 0 aromatic heterocycles. The van der Waals surface area contributed by atoms with E-state index in [-0.39, 0.29) is 42.8 Å². The minimum absolute atomic E-state index is 0.0519. The summed E-state index contributed by atoms with van der Waals surface area (Å²) in [5, 5.41) is 3.30. The van der Waals surface area contributed by atoms with Crippen molar-refractivity contribution in [3.05, 3.63) is 95.0 Å². The predicted octanol–water partition coefficient (Wildman–Crippen LogP) is 5.45. The molecule has 3 aromatic rings. The Hall–Kier alpha value is -3.56. The van der Waals surface area contributed by atoms with E-state index in [2.05, 4.69) is 12.2 Å². The second-order valence-corrected chi connectivity index (χ2v) is 12.4. The van der Waals surface area contributed by atoms with E-state index in [1.165, 1.54) is 17.5 Å². The van der Waals surface area contributed by atoms with Gasteiger partial charge in [-0.15, -0.1) is 0 Å². The Labute approximate surface area is 254 Å². The maximum atomic E-state index is 13.9. The molecule has 0 saturated carbocycles. The van der Waals surface area contributed by atoms with Crippen molar-refractivity contribution in [2.75, 3.05) is 30.8 Å². The second kappa shape index (κ2) is 16.2. The number of rotatable bonds is 16. The molecule has 226 valence electrons. The lowest BCUT2D eigenvalue weighted by molar-refractivity contribution is -0.141. The Balaban J connectivity index is 1.85. The first-order valence-corrected chi connectivity index (χ1v) is 16.3. The van der Waals surface area contributed by atoms with Gasteiger partial charge in [0.05, 0.1) is 24.1 Å². The minimum atomic E-state index is -3.66. The molecule has 0 aliphatic rings. The molecule has 0 aliphatic heterocycles. The van der Waals surface area contributed by atoms with Gasteiger partial charge in [-0.25, -0.2) is 8.42 Å². The van der Waals surface area contributed by atoms with Crippen LogP contribution in [0.3, 0.4) is 0 Å². The van der Waals surface area contributed by atoms with Crippen molar-refractivity contribution >= 4 is 39.1 Å². The minimum Gasteiger partial charge on any atom is -0.495 e. The number of benzene rings is 3. The third kappa shape index (κ3) is 9.77. The topological polar surface area (TPSA) is 96.0 Å². The molecular formula is C32H40ClN3O5S. The zero-order valence-electron chi connectivity index (χ0n) is 24.5. The summed E-state index contributed by atoms with van der Waals surface area (Å²) in [6.45, 7) is 2.90. The first kappa shape index (κ1) is 32.9. The van der Waals surface area contributed by atoms with Gasteiger partial charge in [0, 0.05) is 32.5 Å². The van der Waals surface area contributed by atoms with Crippen LogP contribution < -0.4 is 14.4 Å². The summed E-state index contributed by atoms with van der Waals surface area (Å²) in [5.41, 5.74) is 2.23. The van der Waals surface area contributed by atoms with Crippen LogP contribution >= 0.6 is 11.6 Å². The van der Waals surface area contributed by atoms with Crippen molar-refractivity contribution in [3.8, 4) is 5.75 Å². The third-order valence-corrected chi connectivity index (χ3v) is 8.36. The number of ether oxygens (including phenoxy) is 1. The fourth-order valence-corrected chi connectivity index (χ4v) is 5.86. The van der Waals surface area contributed by atoms with Crippen LogP contribution in [-0.4, -0.2) is 57.6 Å². The van der Waals surface area contributed by atoms with Gasteiger partial charge in [-0.1, -0.05) is 85.6 Å². The molecule has 1 N–H and O–H groups in total. The SMILES string of the molecule is CCCCNC(=O)[C@H](Cc1ccccc1)N(Cc1ccccc1)C(=O)CCCN(c1ccc(OC)c(Cl)c1)S(C)(=O)=O. The highest BCUT2D eigenvalue weighted by molar-refractivity contribution is 7.92. The highest BCUT2D eigenvalue weighted by Gasteiger charge is 2.30. The van der Waals surface area contributed by atoms with Crippen LogP contribution in [0.4, 0.5) is 5.69 Å². The summed E-state index contributed by atoms with van der Waals surface area (Å²) in [6, 6.07) is 23.2. The summed E-state index contributed by atoms with van der Waals surface area (Å²) in [6.07, 6.45) is 3.55. The van der Waals surface area contributed by atoms with E-state index < -0.39 is 16.1 Å². The molecule has 8 nitrogen and oxygen atoms in total. The number of sulfonamides is 1. The zero-order chi connectivity index (χ0) is 30.5. The van der Waals surface area contributed by atoms with Crippen molar-refractivity contribution in [1.29, 1.82) is 0 Å². The fourth-order valence-electron chi connectivity index (χ4n) is 4.65. The number of hydrogen-bond donors (Lipinski definition) is 1. The molecule has 2 amide bonds. The smallest absolute Gasteiger partial charge is 0.243 e. The molecule has 10 heteroatoms. The molecule has 0 fully saturated rings.